The Balaban J connectivity index is 1.84. The maximum Gasteiger partial charge on any atom is 0.109 e. The highest BCUT2D eigenvalue weighted by Crippen LogP contribution is 2.33. The third kappa shape index (κ3) is 2.58. The van der Waals surface area contributed by atoms with Crippen molar-refractivity contribution in [1.29, 1.82) is 0 Å². The lowest BCUT2D eigenvalue weighted by molar-refractivity contribution is 0.109. The van der Waals surface area contributed by atoms with Gasteiger partial charge in [0.15, 0.2) is 0 Å². The number of aromatic nitrogens is 2. The molecule has 3 heteroatoms. The molecule has 19 heavy (non-hydrogen) atoms. The number of aryl methyl sites for hydroxylation is 1. The molecule has 1 fully saturated rings. The van der Waals surface area contributed by atoms with Crippen molar-refractivity contribution in [2.45, 2.75) is 71.5 Å². The molecule has 0 amide bonds. The van der Waals surface area contributed by atoms with Gasteiger partial charge in [-0.1, -0.05) is 13.3 Å². The van der Waals surface area contributed by atoms with Crippen molar-refractivity contribution < 1.29 is 0 Å². The summed E-state index contributed by atoms with van der Waals surface area (Å²) in [6, 6.07) is 1.19. The van der Waals surface area contributed by atoms with Crippen LogP contribution in [0.3, 0.4) is 0 Å². The standard InChI is InChI=1S/C16H27N3/c1-12(2)19-8-5-4-6-15(19)14-11-18-9-7-13(3)10-16(18)17-14/h11-13,15H,4-10H2,1-3H3. The number of fused-ring (bicyclic) bond motifs is 1. The fourth-order valence-corrected chi connectivity index (χ4v) is 3.66. The summed E-state index contributed by atoms with van der Waals surface area (Å²) >= 11 is 0. The summed E-state index contributed by atoms with van der Waals surface area (Å²) in [7, 11) is 0. The largest absolute Gasteiger partial charge is 0.335 e. The minimum atomic E-state index is 0.558. The zero-order valence-electron chi connectivity index (χ0n) is 12.6. The van der Waals surface area contributed by atoms with Gasteiger partial charge < -0.3 is 4.57 Å². The van der Waals surface area contributed by atoms with Gasteiger partial charge in [0.05, 0.1) is 11.7 Å². The molecule has 2 atom stereocenters. The highest BCUT2D eigenvalue weighted by atomic mass is 15.2. The van der Waals surface area contributed by atoms with E-state index >= 15 is 0 Å². The predicted molar refractivity (Wildman–Crippen MR) is 78.1 cm³/mol. The van der Waals surface area contributed by atoms with E-state index in [-0.39, 0.29) is 0 Å². The number of rotatable bonds is 2. The Morgan fingerprint density at radius 3 is 2.84 bits per heavy atom. The van der Waals surface area contributed by atoms with Crippen LogP contribution >= 0.6 is 0 Å². The van der Waals surface area contributed by atoms with Gasteiger partial charge >= 0.3 is 0 Å². The van der Waals surface area contributed by atoms with E-state index in [0.29, 0.717) is 12.1 Å². The molecule has 0 aromatic carbocycles. The van der Waals surface area contributed by atoms with E-state index in [0.717, 1.165) is 18.9 Å². The Morgan fingerprint density at radius 1 is 1.21 bits per heavy atom. The normalized spacial score (nSPS) is 28.6. The van der Waals surface area contributed by atoms with Crippen LogP contribution in [0, 0.1) is 5.92 Å². The van der Waals surface area contributed by atoms with Gasteiger partial charge in [0.1, 0.15) is 5.82 Å². The minimum Gasteiger partial charge on any atom is -0.335 e. The van der Waals surface area contributed by atoms with E-state index in [1.807, 2.05) is 0 Å². The smallest absolute Gasteiger partial charge is 0.109 e. The molecule has 3 nitrogen and oxygen atoms in total. The van der Waals surface area contributed by atoms with Crippen LogP contribution in [0.15, 0.2) is 6.20 Å². The first-order chi connectivity index (χ1) is 9.15. The van der Waals surface area contributed by atoms with Gasteiger partial charge in [0.2, 0.25) is 0 Å². The molecule has 0 bridgehead atoms. The highest BCUT2D eigenvalue weighted by Gasteiger charge is 2.29. The highest BCUT2D eigenvalue weighted by molar-refractivity contribution is 5.12. The van der Waals surface area contributed by atoms with Crippen molar-refractivity contribution in [3.63, 3.8) is 0 Å². The van der Waals surface area contributed by atoms with Gasteiger partial charge in [-0.25, -0.2) is 4.98 Å². The second-order valence-electron chi connectivity index (χ2n) is 6.72. The molecule has 1 aromatic heterocycles. The second kappa shape index (κ2) is 5.28. The van der Waals surface area contributed by atoms with Crippen molar-refractivity contribution in [1.82, 2.24) is 14.5 Å². The fourth-order valence-electron chi connectivity index (χ4n) is 3.66. The summed E-state index contributed by atoms with van der Waals surface area (Å²) in [5.41, 5.74) is 1.33. The lowest BCUT2D eigenvalue weighted by Crippen LogP contribution is -2.38. The summed E-state index contributed by atoms with van der Waals surface area (Å²) < 4.78 is 2.41. The van der Waals surface area contributed by atoms with Crippen LogP contribution in [0.25, 0.3) is 0 Å². The summed E-state index contributed by atoms with van der Waals surface area (Å²) in [5, 5.41) is 0. The van der Waals surface area contributed by atoms with Crippen molar-refractivity contribution in [2.75, 3.05) is 6.54 Å². The number of hydrogen-bond acceptors (Lipinski definition) is 2. The zero-order valence-corrected chi connectivity index (χ0v) is 12.6. The van der Waals surface area contributed by atoms with E-state index in [9.17, 15) is 0 Å². The topological polar surface area (TPSA) is 21.1 Å². The van der Waals surface area contributed by atoms with Gasteiger partial charge in [-0.15, -0.1) is 0 Å². The van der Waals surface area contributed by atoms with E-state index in [4.69, 9.17) is 4.98 Å². The molecule has 3 heterocycles. The van der Waals surface area contributed by atoms with Gasteiger partial charge in [-0.05, 0) is 45.6 Å². The van der Waals surface area contributed by atoms with Crippen molar-refractivity contribution in [2.24, 2.45) is 5.92 Å². The van der Waals surface area contributed by atoms with Gasteiger partial charge in [0.25, 0.3) is 0 Å². The monoisotopic (exact) mass is 261 g/mol. The van der Waals surface area contributed by atoms with Crippen LogP contribution in [0.5, 0.6) is 0 Å². The summed E-state index contributed by atoms with van der Waals surface area (Å²) in [5.74, 6) is 2.12. The summed E-state index contributed by atoms with van der Waals surface area (Å²) in [6.07, 6.45) is 8.79. The zero-order chi connectivity index (χ0) is 13.4. The average molecular weight is 261 g/mol. The average Bonchev–Trinajstić information content (AvgIpc) is 2.81. The van der Waals surface area contributed by atoms with Gasteiger partial charge in [-0.3, -0.25) is 4.90 Å². The number of imidazole rings is 1. The van der Waals surface area contributed by atoms with E-state index < -0.39 is 0 Å². The van der Waals surface area contributed by atoms with E-state index in [1.54, 1.807) is 0 Å². The molecular weight excluding hydrogens is 234 g/mol. The molecular formula is C16H27N3. The minimum absolute atomic E-state index is 0.558. The summed E-state index contributed by atoms with van der Waals surface area (Å²) in [4.78, 5) is 7.62. The molecule has 2 aliphatic heterocycles. The molecule has 1 saturated heterocycles. The van der Waals surface area contributed by atoms with Crippen LogP contribution in [0.2, 0.25) is 0 Å². The Morgan fingerprint density at radius 2 is 2.05 bits per heavy atom. The van der Waals surface area contributed by atoms with E-state index in [2.05, 4.69) is 36.4 Å². The number of hydrogen-bond donors (Lipinski definition) is 0. The Bertz CT molecular complexity index is 435. The number of piperidine rings is 1. The van der Waals surface area contributed by atoms with Gasteiger partial charge in [0, 0.05) is 25.2 Å². The molecule has 0 aliphatic carbocycles. The SMILES string of the molecule is CC1CCn2cc(C3CCCCN3C(C)C)nc2C1. The van der Waals surface area contributed by atoms with E-state index in [1.165, 1.54) is 43.7 Å². The Kier molecular flexibility index (Phi) is 3.66. The number of likely N-dealkylation sites (tertiary alicyclic amines) is 1. The molecule has 2 unspecified atom stereocenters. The molecule has 0 saturated carbocycles. The Labute approximate surface area is 117 Å². The van der Waals surface area contributed by atoms with Crippen LogP contribution in [-0.4, -0.2) is 27.0 Å². The molecule has 106 valence electrons. The first-order valence-electron chi connectivity index (χ1n) is 7.97. The lowest BCUT2D eigenvalue weighted by atomic mass is 9.98. The maximum absolute atomic E-state index is 4.98. The molecule has 0 N–H and O–H groups in total. The van der Waals surface area contributed by atoms with Crippen LogP contribution in [-0.2, 0) is 13.0 Å². The van der Waals surface area contributed by atoms with Crippen molar-refractivity contribution in [3.05, 3.63) is 17.7 Å². The van der Waals surface area contributed by atoms with Gasteiger partial charge in [-0.2, -0.15) is 0 Å². The quantitative estimate of drug-likeness (QED) is 0.813. The molecule has 2 aliphatic rings. The summed E-state index contributed by atoms with van der Waals surface area (Å²) in [6.45, 7) is 9.38. The predicted octanol–water partition coefficient (Wildman–Crippen LogP) is 3.40. The maximum atomic E-state index is 4.98. The molecule has 3 rings (SSSR count). The number of nitrogens with zero attached hydrogens (tertiary/aromatic N) is 3. The lowest BCUT2D eigenvalue weighted by Gasteiger charge is -2.37. The molecule has 1 aromatic rings. The first-order valence-corrected chi connectivity index (χ1v) is 7.97. The fraction of sp³-hybridized carbons (Fsp3) is 0.812. The van der Waals surface area contributed by atoms with Crippen molar-refractivity contribution >= 4 is 0 Å². The molecule has 0 spiro atoms. The van der Waals surface area contributed by atoms with Crippen LogP contribution in [0.1, 0.15) is 64.0 Å². The molecule has 0 radical (unpaired) electrons. The third-order valence-electron chi connectivity index (χ3n) is 4.82. The second-order valence-corrected chi connectivity index (χ2v) is 6.72. The van der Waals surface area contributed by atoms with Crippen LogP contribution < -0.4 is 0 Å². The Hall–Kier alpha value is -0.830. The van der Waals surface area contributed by atoms with Crippen LogP contribution in [0.4, 0.5) is 0 Å². The third-order valence-corrected chi connectivity index (χ3v) is 4.82. The first kappa shape index (κ1) is 13.2. The van der Waals surface area contributed by atoms with Crippen molar-refractivity contribution in [3.8, 4) is 0 Å².